The van der Waals surface area contributed by atoms with Crippen LogP contribution in [-0.4, -0.2) is 0 Å². The predicted octanol–water partition coefficient (Wildman–Crippen LogP) is 6.32. The third-order valence-corrected chi connectivity index (χ3v) is 4.91. The molecule has 122 valence electrons. The molecule has 0 atom stereocenters. The van der Waals surface area contributed by atoms with Gasteiger partial charge < -0.3 is 0 Å². The zero-order valence-corrected chi connectivity index (χ0v) is 15.1. The van der Waals surface area contributed by atoms with Crippen LogP contribution in [0, 0.1) is 18.8 Å². The minimum absolute atomic E-state index is 0.939. The molecule has 0 nitrogen and oxygen atoms in total. The Balaban J connectivity index is 1.79. The minimum Gasteiger partial charge on any atom is -0.120 e. The van der Waals surface area contributed by atoms with Gasteiger partial charge in [-0.3, -0.25) is 0 Å². The van der Waals surface area contributed by atoms with Gasteiger partial charge in [-0.1, -0.05) is 90.2 Å². The highest BCUT2D eigenvalue weighted by Gasteiger charge is 2.02. The highest BCUT2D eigenvalue weighted by molar-refractivity contribution is 8.07. The highest BCUT2D eigenvalue weighted by atomic mass is 32.2. The Morgan fingerprint density at radius 2 is 1.48 bits per heavy atom. The van der Waals surface area contributed by atoms with Crippen LogP contribution < -0.4 is 0 Å². The van der Waals surface area contributed by atoms with Gasteiger partial charge in [0.05, 0.1) is 0 Å². The van der Waals surface area contributed by atoms with Crippen LogP contribution in [0.25, 0.3) is 4.91 Å². The molecular weight excluding hydrogens is 320 g/mol. The normalized spacial score (nSPS) is 10.8. The molecule has 0 heterocycles. The van der Waals surface area contributed by atoms with Gasteiger partial charge in [-0.25, -0.2) is 0 Å². The summed E-state index contributed by atoms with van der Waals surface area (Å²) >= 11 is 1.83. The largest absolute Gasteiger partial charge is 0.120 e. The van der Waals surface area contributed by atoms with E-state index in [4.69, 9.17) is 0 Å². The molecule has 0 saturated carbocycles. The van der Waals surface area contributed by atoms with Crippen molar-refractivity contribution in [1.29, 1.82) is 0 Å². The number of hydrogen-bond acceptors (Lipinski definition) is 1. The fourth-order valence-electron chi connectivity index (χ4n) is 2.36. The Labute approximate surface area is 154 Å². The molecular formula is C24H20S. The van der Waals surface area contributed by atoms with Crippen molar-refractivity contribution in [2.24, 2.45) is 0 Å². The molecule has 0 bridgehead atoms. The van der Waals surface area contributed by atoms with Crippen molar-refractivity contribution in [1.82, 2.24) is 0 Å². The first-order chi connectivity index (χ1) is 12.3. The molecule has 1 heteroatoms. The Bertz CT molecular complexity index is 880. The third kappa shape index (κ3) is 5.41. The van der Waals surface area contributed by atoms with Crippen molar-refractivity contribution in [2.75, 3.05) is 0 Å². The lowest BCUT2D eigenvalue weighted by Gasteiger charge is -2.07. The van der Waals surface area contributed by atoms with Gasteiger partial charge in [0.1, 0.15) is 0 Å². The number of rotatable bonds is 4. The zero-order chi connectivity index (χ0) is 17.3. The van der Waals surface area contributed by atoms with E-state index in [1.54, 1.807) is 0 Å². The topological polar surface area (TPSA) is 0 Å². The summed E-state index contributed by atoms with van der Waals surface area (Å²) in [5, 5.41) is 0. The van der Waals surface area contributed by atoms with Crippen molar-refractivity contribution < 1.29 is 0 Å². The Kier molecular flexibility index (Phi) is 6.15. The predicted molar refractivity (Wildman–Crippen MR) is 110 cm³/mol. The van der Waals surface area contributed by atoms with E-state index in [-0.39, 0.29) is 0 Å². The van der Waals surface area contributed by atoms with Gasteiger partial charge in [-0.15, -0.1) is 11.8 Å². The van der Waals surface area contributed by atoms with E-state index in [2.05, 4.69) is 67.3 Å². The van der Waals surface area contributed by atoms with Crippen LogP contribution >= 0.6 is 11.8 Å². The monoisotopic (exact) mass is 340 g/mol. The van der Waals surface area contributed by atoms with Crippen LogP contribution in [0.2, 0.25) is 0 Å². The summed E-state index contributed by atoms with van der Waals surface area (Å²) in [5.41, 5.74) is 4.87. The molecule has 0 radical (unpaired) electrons. The standard InChI is InChI=1S/C24H20S/c1-20-15-17-22(18-16-20)19-25-24(23-12-6-3-7-13-23)14-8-11-21-9-4-2-5-10-21/h2-7,9-10,12-18H,19H2,1H3/b24-14-. The molecule has 0 amide bonds. The average molecular weight is 340 g/mol. The number of hydrogen-bond donors (Lipinski definition) is 0. The van der Waals surface area contributed by atoms with E-state index in [1.165, 1.54) is 21.6 Å². The molecule has 3 aromatic carbocycles. The number of aryl methyl sites for hydroxylation is 1. The van der Waals surface area contributed by atoms with Gasteiger partial charge in [0.25, 0.3) is 0 Å². The summed E-state index contributed by atoms with van der Waals surface area (Å²) in [6.45, 7) is 2.12. The summed E-state index contributed by atoms with van der Waals surface area (Å²) in [7, 11) is 0. The van der Waals surface area contributed by atoms with Crippen LogP contribution in [0.15, 0.2) is 91.0 Å². The van der Waals surface area contributed by atoms with Crippen LogP contribution in [0.4, 0.5) is 0 Å². The first-order valence-electron chi connectivity index (χ1n) is 8.32. The second-order valence-corrected chi connectivity index (χ2v) is 6.80. The SMILES string of the molecule is Cc1ccc(CS/C(=C\C#Cc2ccccc2)c2ccccc2)cc1. The number of allylic oxidation sites excluding steroid dienone is 1. The smallest absolute Gasteiger partial charge is 0.0248 e. The Hall–Kier alpha value is -2.69. The number of thioether (sulfide) groups is 1. The highest BCUT2D eigenvalue weighted by Crippen LogP contribution is 2.30. The van der Waals surface area contributed by atoms with E-state index >= 15 is 0 Å². The van der Waals surface area contributed by atoms with Gasteiger partial charge in [0.2, 0.25) is 0 Å². The molecule has 0 fully saturated rings. The summed E-state index contributed by atoms with van der Waals surface area (Å²) in [6, 6.07) is 29.3. The maximum atomic E-state index is 3.21. The van der Waals surface area contributed by atoms with Crippen LogP contribution in [-0.2, 0) is 5.75 Å². The van der Waals surface area contributed by atoms with Crippen molar-refractivity contribution in [2.45, 2.75) is 12.7 Å². The molecule has 0 aliphatic carbocycles. The molecule has 0 aliphatic rings. The van der Waals surface area contributed by atoms with Gasteiger partial charge in [-0.2, -0.15) is 0 Å². The molecule has 0 saturated heterocycles. The molecule has 0 N–H and O–H groups in total. The van der Waals surface area contributed by atoms with Gasteiger partial charge in [0, 0.05) is 22.3 Å². The summed E-state index contributed by atoms with van der Waals surface area (Å²) in [6.07, 6.45) is 2.03. The second-order valence-electron chi connectivity index (χ2n) is 5.78. The van der Waals surface area contributed by atoms with E-state index in [9.17, 15) is 0 Å². The van der Waals surface area contributed by atoms with Crippen LogP contribution in [0.1, 0.15) is 22.3 Å². The van der Waals surface area contributed by atoms with Crippen LogP contribution in [0.5, 0.6) is 0 Å². The fourth-order valence-corrected chi connectivity index (χ4v) is 3.32. The average Bonchev–Trinajstić information content (AvgIpc) is 2.67. The number of benzene rings is 3. The van der Waals surface area contributed by atoms with Crippen molar-refractivity contribution in [3.63, 3.8) is 0 Å². The summed E-state index contributed by atoms with van der Waals surface area (Å²) in [5.74, 6) is 7.36. The van der Waals surface area contributed by atoms with E-state index < -0.39 is 0 Å². The van der Waals surface area contributed by atoms with Gasteiger partial charge >= 0.3 is 0 Å². The molecule has 0 aliphatic heterocycles. The zero-order valence-electron chi connectivity index (χ0n) is 14.3. The van der Waals surface area contributed by atoms with Crippen molar-refractivity contribution >= 4 is 16.7 Å². The van der Waals surface area contributed by atoms with E-state index in [0.717, 1.165) is 11.3 Å². The maximum absolute atomic E-state index is 3.21. The maximum Gasteiger partial charge on any atom is 0.0248 e. The van der Waals surface area contributed by atoms with Gasteiger partial charge in [-0.05, 0) is 30.2 Å². The lowest BCUT2D eigenvalue weighted by molar-refractivity contribution is 1.37. The Morgan fingerprint density at radius 1 is 0.840 bits per heavy atom. The third-order valence-electron chi connectivity index (χ3n) is 3.77. The van der Waals surface area contributed by atoms with Crippen molar-refractivity contribution in [3.05, 3.63) is 113 Å². The molecule has 3 rings (SSSR count). The minimum atomic E-state index is 0.939. The van der Waals surface area contributed by atoms with Crippen molar-refractivity contribution in [3.8, 4) is 11.8 Å². The van der Waals surface area contributed by atoms with Gasteiger partial charge in [0.15, 0.2) is 0 Å². The molecule has 0 spiro atoms. The molecule has 0 unspecified atom stereocenters. The summed E-state index contributed by atoms with van der Waals surface area (Å²) in [4.78, 5) is 1.20. The lowest BCUT2D eigenvalue weighted by atomic mass is 10.2. The van der Waals surface area contributed by atoms with E-state index in [0.29, 0.717) is 0 Å². The van der Waals surface area contributed by atoms with E-state index in [1.807, 2.05) is 54.2 Å². The fraction of sp³-hybridized carbons (Fsp3) is 0.0833. The summed E-state index contributed by atoms with van der Waals surface area (Å²) < 4.78 is 0. The first-order valence-corrected chi connectivity index (χ1v) is 9.30. The quantitative estimate of drug-likeness (QED) is 0.501. The Morgan fingerprint density at radius 3 is 2.16 bits per heavy atom. The van der Waals surface area contributed by atoms with Crippen LogP contribution in [0.3, 0.4) is 0 Å². The molecule has 25 heavy (non-hydrogen) atoms. The molecule has 0 aromatic heterocycles. The lowest BCUT2D eigenvalue weighted by Crippen LogP contribution is -1.84. The molecule has 3 aromatic rings. The second kappa shape index (κ2) is 8.97. The first kappa shape index (κ1) is 17.1.